The minimum absolute atomic E-state index is 0.0912. The summed E-state index contributed by atoms with van der Waals surface area (Å²) in [6, 6.07) is 12.4. The number of carbonyl (C=O) groups excluding carboxylic acids is 2. The summed E-state index contributed by atoms with van der Waals surface area (Å²) < 4.78 is 11.2. The number of likely N-dealkylation sites (tertiary alicyclic amines) is 1. The predicted octanol–water partition coefficient (Wildman–Crippen LogP) is 5.36. The highest BCUT2D eigenvalue weighted by Crippen LogP contribution is 2.41. The van der Waals surface area contributed by atoms with Crippen LogP contribution in [0.3, 0.4) is 0 Å². The molecule has 0 aliphatic carbocycles. The molecule has 1 N–H and O–H groups in total. The Bertz CT molecular complexity index is 1070. The molecule has 1 atom stereocenters. The highest BCUT2D eigenvalue weighted by molar-refractivity contribution is 6.46. The molecule has 34 heavy (non-hydrogen) atoms. The summed E-state index contributed by atoms with van der Waals surface area (Å²) >= 11 is 0. The van der Waals surface area contributed by atoms with Crippen LogP contribution in [0.15, 0.2) is 48.0 Å². The molecule has 1 fully saturated rings. The molecule has 1 heterocycles. The molecule has 6 heteroatoms. The molecule has 2 aromatic rings. The molecule has 0 bridgehead atoms. The van der Waals surface area contributed by atoms with Crippen molar-refractivity contribution in [3.8, 4) is 5.75 Å². The van der Waals surface area contributed by atoms with Gasteiger partial charge in [0.2, 0.25) is 0 Å². The summed E-state index contributed by atoms with van der Waals surface area (Å²) in [4.78, 5) is 27.9. The van der Waals surface area contributed by atoms with Crippen molar-refractivity contribution in [3.63, 3.8) is 0 Å². The molecular formula is C28H35NO5. The number of Topliss-reactive ketones (excluding diaryl/α,β-unsaturated/α-hetero) is 1. The zero-order chi connectivity index (χ0) is 25.0. The predicted molar refractivity (Wildman–Crippen MR) is 133 cm³/mol. The SMILES string of the molecule is COc1cc(C)c(/C(O)=C2\C(=O)C(=O)N(CCCOC(C)C)C2c2ccccc2)cc1C(C)C. The third-order valence-corrected chi connectivity index (χ3v) is 6.10. The summed E-state index contributed by atoms with van der Waals surface area (Å²) in [7, 11) is 1.62. The second-order valence-electron chi connectivity index (χ2n) is 9.24. The molecule has 3 rings (SSSR count). The van der Waals surface area contributed by atoms with E-state index in [4.69, 9.17) is 9.47 Å². The van der Waals surface area contributed by atoms with Crippen LogP contribution in [0.25, 0.3) is 5.76 Å². The first kappa shape index (κ1) is 25.5. The van der Waals surface area contributed by atoms with E-state index in [-0.39, 0.29) is 23.4 Å². The van der Waals surface area contributed by atoms with Gasteiger partial charge in [-0.3, -0.25) is 9.59 Å². The second kappa shape index (κ2) is 10.9. The summed E-state index contributed by atoms with van der Waals surface area (Å²) in [6.07, 6.45) is 0.682. The maximum Gasteiger partial charge on any atom is 0.295 e. The van der Waals surface area contributed by atoms with Crippen molar-refractivity contribution in [3.05, 3.63) is 70.3 Å². The number of amides is 1. The molecule has 2 aromatic carbocycles. The Hall–Kier alpha value is -3.12. The Kier molecular flexibility index (Phi) is 8.15. The van der Waals surface area contributed by atoms with E-state index in [1.807, 2.05) is 77.1 Å². The second-order valence-corrected chi connectivity index (χ2v) is 9.24. The highest BCUT2D eigenvalue weighted by Gasteiger charge is 2.45. The van der Waals surface area contributed by atoms with Gasteiger partial charge >= 0.3 is 0 Å². The average Bonchev–Trinajstić information content (AvgIpc) is 3.06. The molecule has 182 valence electrons. The third kappa shape index (κ3) is 5.17. The molecule has 6 nitrogen and oxygen atoms in total. The lowest BCUT2D eigenvalue weighted by Crippen LogP contribution is -2.31. The van der Waals surface area contributed by atoms with E-state index in [0.717, 1.165) is 22.4 Å². The summed E-state index contributed by atoms with van der Waals surface area (Å²) in [5, 5.41) is 11.5. The van der Waals surface area contributed by atoms with Crippen molar-refractivity contribution in [1.29, 1.82) is 0 Å². The maximum absolute atomic E-state index is 13.2. The van der Waals surface area contributed by atoms with Gasteiger partial charge in [-0.1, -0.05) is 44.2 Å². The summed E-state index contributed by atoms with van der Waals surface area (Å²) in [5.74, 6) is -0.549. The number of hydrogen-bond donors (Lipinski definition) is 1. The number of ether oxygens (including phenoxy) is 2. The van der Waals surface area contributed by atoms with E-state index in [1.165, 1.54) is 0 Å². The summed E-state index contributed by atoms with van der Waals surface area (Å²) in [6.45, 7) is 10.7. The molecule has 1 saturated heterocycles. The van der Waals surface area contributed by atoms with Crippen LogP contribution in [0.5, 0.6) is 5.75 Å². The number of methoxy groups -OCH3 is 1. The van der Waals surface area contributed by atoms with Crippen LogP contribution in [-0.4, -0.2) is 48.1 Å². The Morgan fingerprint density at radius 1 is 1.09 bits per heavy atom. The lowest BCUT2D eigenvalue weighted by Gasteiger charge is -2.26. The van der Waals surface area contributed by atoms with Gasteiger partial charge in [-0.15, -0.1) is 0 Å². The zero-order valence-electron chi connectivity index (χ0n) is 20.9. The molecular weight excluding hydrogens is 430 g/mol. The molecule has 1 unspecified atom stereocenters. The third-order valence-electron chi connectivity index (χ3n) is 6.10. The van der Waals surface area contributed by atoms with Crippen molar-refractivity contribution in [2.24, 2.45) is 0 Å². The monoisotopic (exact) mass is 465 g/mol. The summed E-state index contributed by atoms with van der Waals surface area (Å²) in [5.41, 5.74) is 3.12. The first-order valence-electron chi connectivity index (χ1n) is 11.8. The van der Waals surface area contributed by atoms with Crippen LogP contribution in [0.1, 0.15) is 68.3 Å². The average molecular weight is 466 g/mol. The Morgan fingerprint density at radius 2 is 1.76 bits per heavy atom. The molecule has 0 aromatic heterocycles. The smallest absolute Gasteiger partial charge is 0.295 e. The number of aliphatic hydroxyl groups is 1. The van der Waals surface area contributed by atoms with E-state index in [2.05, 4.69) is 0 Å². The number of rotatable bonds is 9. The number of carbonyl (C=O) groups is 2. The van der Waals surface area contributed by atoms with Gasteiger partial charge in [0.05, 0.1) is 24.8 Å². The van der Waals surface area contributed by atoms with Crippen LogP contribution in [-0.2, 0) is 14.3 Å². The molecule has 1 aliphatic heterocycles. The van der Waals surface area contributed by atoms with E-state index in [9.17, 15) is 14.7 Å². The first-order valence-corrected chi connectivity index (χ1v) is 11.8. The van der Waals surface area contributed by atoms with Gasteiger partial charge in [-0.2, -0.15) is 0 Å². The van der Waals surface area contributed by atoms with Crippen molar-refractivity contribution in [2.75, 3.05) is 20.3 Å². The fraction of sp³-hybridized carbons (Fsp3) is 0.429. The van der Waals surface area contributed by atoms with Gasteiger partial charge in [0.1, 0.15) is 11.5 Å². The Balaban J connectivity index is 2.11. The number of ketones is 1. The number of nitrogens with zero attached hydrogens (tertiary/aromatic N) is 1. The number of hydrogen-bond acceptors (Lipinski definition) is 5. The fourth-order valence-corrected chi connectivity index (χ4v) is 4.37. The van der Waals surface area contributed by atoms with Crippen LogP contribution >= 0.6 is 0 Å². The van der Waals surface area contributed by atoms with Crippen molar-refractivity contribution in [2.45, 2.75) is 59.1 Å². The van der Waals surface area contributed by atoms with Crippen LogP contribution < -0.4 is 4.74 Å². The van der Waals surface area contributed by atoms with Crippen LogP contribution in [0.2, 0.25) is 0 Å². The van der Waals surface area contributed by atoms with Crippen molar-refractivity contribution < 1.29 is 24.2 Å². The highest BCUT2D eigenvalue weighted by atomic mass is 16.5. The lowest BCUT2D eigenvalue weighted by molar-refractivity contribution is -0.140. The molecule has 1 amide bonds. The standard InChI is InChI=1S/C28H35NO5/c1-17(2)21-16-22(19(5)15-23(21)33-6)26(30)24-25(20-11-8-7-9-12-20)29(28(32)27(24)31)13-10-14-34-18(3)4/h7-9,11-12,15-18,25,30H,10,13-14H2,1-6H3/b26-24+. The fourth-order valence-electron chi connectivity index (χ4n) is 4.37. The van der Waals surface area contributed by atoms with Crippen LogP contribution in [0, 0.1) is 6.92 Å². The number of aryl methyl sites for hydroxylation is 1. The first-order chi connectivity index (χ1) is 16.2. The van der Waals surface area contributed by atoms with Crippen LogP contribution in [0.4, 0.5) is 0 Å². The Morgan fingerprint density at radius 3 is 2.35 bits per heavy atom. The molecule has 1 aliphatic rings. The normalized spacial score (nSPS) is 17.8. The van der Waals surface area contributed by atoms with Crippen molar-refractivity contribution in [1.82, 2.24) is 4.90 Å². The van der Waals surface area contributed by atoms with Gasteiger partial charge in [-0.25, -0.2) is 0 Å². The quantitative estimate of drug-likeness (QED) is 0.233. The molecule has 0 radical (unpaired) electrons. The van der Waals surface area contributed by atoms with Gasteiger partial charge in [0, 0.05) is 18.7 Å². The van der Waals surface area contributed by atoms with Gasteiger partial charge in [0.15, 0.2) is 0 Å². The maximum atomic E-state index is 13.2. The van der Waals surface area contributed by atoms with Crippen molar-refractivity contribution >= 4 is 17.4 Å². The van der Waals surface area contributed by atoms with E-state index in [0.29, 0.717) is 25.1 Å². The minimum Gasteiger partial charge on any atom is -0.507 e. The van der Waals surface area contributed by atoms with Gasteiger partial charge in [-0.05, 0) is 61.9 Å². The van der Waals surface area contributed by atoms with E-state index in [1.54, 1.807) is 12.0 Å². The van der Waals surface area contributed by atoms with Gasteiger partial charge in [0.25, 0.3) is 11.7 Å². The van der Waals surface area contributed by atoms with E-state index < -0.39 is 17.7 Å². The zero-order valence-corrected chi connectivity index (χ0v) is 20.9. The molecule has 0 saturated carbocycles. The topological polar surface area (TPSA) is 76.1 Å². The Labute approximate surface area is 202 Å². The minimum atomic E-state index is -0.669. The lowest BCUT2D eigenvalue weighted by atomic mass is 9.91. The van der Waals surface area contributed by atoms with Gasteiger partial charge < -0.3 is 19.5 Å². The molecule has 0 spiro atoms. The largest absolute Gasteiger partial charge is 0.507 e. The van der Waals surface area contributed by atoms with E-state index >= 15 is 0 Å². The number of aliphatic hydroxyl groups excluding tert-OH is 1. The number of benzene rings is 2.